The highest BCUT2D eigenvalue weighted by molar-refractivity contribution is 6.28. The van der Waals surface area contributed by atoms with Crippen LogP contribution in [0, 0.1) is 0 Å². The molecule has 0 radical (unpaired) electrons. The maximum absolute atomic E-state index is 5.90. The summed E-state index contributed by atoms with van der Waals surface area (Å²) in [5.74, 6) is 1.29. The molecule has 16 heavy (non-hydrogen) atoms. The van der Waals surface area contributed by atoms with Crippen molar-refractivity contribution in [3.05, 3.63) is 5.28 Å². The quantitative estimate of drug-likeness (QED) is 0.787. The van der Waals surface area contributed by atoms with Crippen LogP contribution in [0.4, 0.5) is 11.9 Å². The van der Waals surface area contributed by atoms with Crippen LogP contribution in [0.5, 0.6) is 0 Å². The lowest BCUT2D eigenvalue weighted by Crippen LogP contribution is -2.29. The van der Waals surface area contributed by atoms with Crippen molar-refractivity contribution in [3.8, 4) is 0 Å². The minimum Gasteiger partial charge on any atom is -0.347 e. The number of anilines is 2. The first-order chi connectivity index (χ1) is 7.58. The van der Waals surface area contributed by atoms with E-state index in [4.69, 9.17) is 11.6 Å². The summed E-state index contributed by atoms with van der Waals surface area (Å²) in [5, 5.41) is 0.257. The van der Waals surface area contributed by atoms with Crippen molar-refractivity contribution in [2.24, 2.45) is 0 Å². The van der Waals surface area contributed by atoms with Gasteiger partial charge in [-0.25, -0.2) is 0 Å². The van der Waals surface area contributed by atoms with Gasteiger partial charge in [0.2, 0.25) is 17.2 Å². The molecule has 1 aliphatic rings. The van der Waals surface area contributed by atoms with E-state index in [2.05, 4.69) is 26.8 Å². The number of hydrogen-bond donors (Lipinski definition) is 0. The van der Waals surface area contributed by atoms with Gasteiger partial charge in [-0.1, -0.05) is 0 Å². The molecule has 0 bridgehead atoms. The van der Waals surface area contributed by atoms with E-state index in [9.17, 15) is 0 Å². The van der Waals surface area contributed by atoms with Crippen LogP contribution < -0.4 is 9.80 Å². The zero-order valence-electron chi connectivity index (χ0n) is 9.81. The van der Waals surface area contributed by atoms with Gasteiger partial charge in [0.15, 0.2) is 0 Å². The normalized spacial score (nSPS) is 20.2. The van der Waals surface area contributed by atoms with Crippen molar-refractivity contribution in [2.75, 3.05) is 30.4 Å². The standard InChI is InChI=1S/C10H16ClN5/c1-7-5-4-6-16(7)10-13-8(11)12-9(14-10)15(2)3/h7H,4-6H2,1-3H3. The second kappa shape index (κ2) is 4.41. The van der Waals surface area contributed by atoms with Gasteiger partial charge in [0.1, 0.15) is 0 Å². The Morgan fingerprint density at radius 2 is 2.06 bits per heavy atom. The molecular formula is C10H16ClN5. The Balaban J connectivity index is 2.33. The molecule has 2 rings (SSSR count). The van der Waals surface area contributed by atoms with Gasteiger partial charge >= 0.3 is 0 Å². The van der Waals surface area contributed by atoms with Crippen LogP contribution >= 0.6 is 11.6 Å². The van der Waals surface area contributed by atoms with Crippen LogP contribution in [0.1, 0.15) is 19.8 Å². The first-order valence-corrected chi connectivity index (χ1v) is 5.81. The van der Waals surface area contributed by atoms with Crippen LogP contribution in [-0.2, 0) is 0 Å². The second-order valence-electron chi connectivity index (χ2n) is 4.28. The van der Waals surface area contributed by atoms with Crippen molar-refractivity contribution < 1.29 is 0 Å². The SMILES string of the molecule is CC1CCCN1c1nc(Cl)nc(N(C)C)n1. The van der Waals surface area contributed by atoms with Gasteiger partial charge in [-0.3, -0.25) is 0 Å². The first kappa shape index (κ1) is 11.4. The highest BCUT2D eigenvalue weighted by atomic mass is 35.5. The predicted octanol–water partition coefficient (Wildman–Crippen LogP) is 1.58. The summed E-state index contributed by atoms with van der Waals surface area (Å²) in [7, 11) is 3.78. The summed E-state index contributed by atoms with van der Waals surface area (Å²) < 4.78 is 0. The maximum atomic E-state index is 5.90. The fourth-order valence-corrected chi connectivity index (χ4v) is 2.04. The molecule has 0 saturated carbocycles. The highest BCUT2D eigenvalue weighted by Gasteiger charge is 2.23. The average Bonchev–Trinajstić information content (AvgIpc) is 2.63. The monoisotopic (exact) mass is 241 g/mol. The summed E-state index contributed by atoms with van der Waals surface area (Å²) >= 11 is 5.90. The molecule has 6 heteroatoms. The molecule has 0 aromatic carbocycles. The fourth-order valence-electron chi connectivity index (χ4n) is 1.89. The summed E-state index contributed by atoms with van der Waals surface area (Å²) in [6, 6.07) is 0.480. The summed E-state index contributed by atoms with van der Waals surface area (Å²) in [6.45, 7) is 3.18. The van der Waals surface area contributed by atoms with E-state index >= 15 is 0 Å². The largest absolute Gasteiger partial charge is 0.347 e. The molecule has 0 amide bonds. The number of rotatable bonds is 2. The van der Waals surface area contributed by atoms with E-state index in [1.54, 1.807) is 0 Å². The molecule has 0 N–H and O–H groups in total. The average molecular weight is 242 g/mol. The summed E-state index contributed by atoms with van der Waals surface area (Å²) in [6.07, 6.45) is 2.36. The Morgan fingerprint density at radius 3 is 2.62 bits per heavy atom. The smallest absolute Gasteiger partial charge is 0.231 e. The van der Waals surface area contributed by atoms with Gasteiger partial charge in [0, 0.05) is 26.7 Å². The van der Waals surface area contributed by atoms with E-state index < -0.39 is 0 Å². The molecule has 1 aromatic rings. The van der Waals surface area contributed by atoms with E-state index in [-0.39, 0.29) is 5.28 Å². The van der Waals surface area contributed by atoms with Crippen molar-refractivity contribution in [1.82, 2.24) is 15.0 Å². The lowest BCUT2D eigenvalue weighted by molar-refractivity contribution is 0.713. The number of nitrogens with zero attached hydrogens (tertiary/aromatic N) is 5. The Morgan fingerprint density at radius 1 is 1.31 bits per heavy atom. The van der Waals surface area contributed by atoms with Gasteiger partial charge in [-0.2, -0.15) is 15.0 Å². The van der Waals surface area contributed by atoms with Crippen LogP contribution in [0.25, 0.3) is 0 Å². The van der Waals surface area contributed by atoms with Crippen molar-refractivity contribution in [3.63, 3.8) is 0 Å². The third-order valence-electron chi connectivity index (χ3n) is 2.79. The Hall–Kier alpha value is -1.10. The minimum atomic E-state index is 0.257. The van der Waals surface area contributed by atoms with Gasteiger partial charge in [-0.05, 0) is 31.4 Å². The van der Waals surface area contributed by atoms with Gasteiger partial charge < -0.3 is 9.80 Å². The molecule has 1 aromatic heterocycles. The van der Waals surface area contributed by atoms with Crippen molar-refractivity contribution in [2.45, 2.75) is 25.8 Å². The Bertz CT molecular complexity index is 381. The molecule has 1 aliphatic heterocycles. The highest BCUT2D eigenvalue weighted by Crippen LogP contribution is 2.23. The molecule has 88 valence electrons. The van der Waals surface area contributed by atoms with E-state index in [0.717, 1.165) is 6.54 Å². The van der Waals surface area contributed by atoms with Crippen LogP contribution in [0.3, 0.4) is 0 Å². The molecule has 5 nitrogen and oxygen atoms in total. The number of aromatic nitrogens is 3. The Labute approximate surface area is 100 Å². The summed E-state index contributed by atoms with van der Waals surface area (Å²) in [4.78, 5) is 16.7. The molecule has 0 spiro atoms. The topological polar surface area (TPSA) is 45.2 Å². The third-order valence-corrected chi connectivity index (χ3v) is 2.96. The summed E-state index contributed by atoms with van der Waals surface area (Å²) in [5.41, 5.74) is 0. The van der Waals surface area contributed by atoms with Gasteiger partial charge in [0.25, 0.3) is 0 Å². The Kier molecular flexibility index (Phi) is 3.14. The lowest BCUT2D eigenvalue weighted by atomic mass is 10.2. The first-order valence-electron chi connectivity index (χ1n) is 5.43. The van der Waals surface area contributed by atoms with E-state index in [1.165, 1.54) is 12.8 Å². The van der Waals surface area contributed by atoms with Crippen molar-refractivity contribution >= 4 is 23.5 Å². The number of hydrogen-bond acceptors (Lipinski definition) is 5. The molecule has 1 atom stereocenters. The van der Waals surface area contributed by atoms with Gasteiger partial charge in [0.05, 0.1) is 0 Å². The van der Waals surface area contributed by atoms with Crippen LogP contribution in [0.15, 0.2) is 0 Å². The fraction of sp³-hybridized carbons (Fsp3) is 0.700. The van der Waals surface area contributed by atoms with Crippen LogP contribution in [-0.4, -0.2) is 41.6 Å². The second-order valence-corrected chi connectivity index (χ2v) is 4.62. The predicted molar refractivity (Wildman–Crippen MR) is 65.2 cm³/mol. The zero-order chi connectivity index (χ0) is 11.7. The molecule has 2 heterocycles. The van der Waals surface area contributed by atoms with E-state index in [1.807, 2.05) is 19.0 Å². The molecule has 1 unspecified atom stereocenters. The molecule has 1 saturated heterocycles. The minimum absolute atomic E-state index is 0.257. The van der Waals surface area contributed by atoms with Gasteiger partial charge in [-0.15, -0.1) is 0 Å². The van der Waals surface area contributed by atoms with Crippen LogP contribution in [0.2, 0.25) is 5.28 Å². The zero-order valence-corrected chi connectivity index (χ0v) is 10.6. The van der Waals surface area contributed by atoms with Crippen molar-refractivity contribution in [1.29, 1.82) is 0 Å². The van der Waals surface area contributed by atoms with E-state index in [0.29, 0.717) is 17.9 Å². The number of halogens is 1. The maximum Gasteiger partial charge on any atom is 0.231 e. The molecule has 1 fully saturated rings. The molecular weight excluding hydrogens is 226 g/mol. The lowest BCUT2D eigenvalue weighted by Gasteiger charge is -2.22. The third kappa shape index (κ3) is 2.19. The molecule has 0 aliphatic carbocycles.